The number of benzene rings is 4. The van der Waals surface area contributed by atoms with E-state index in [1.807, 2.05) is 103 Å². The minimum absolute atomic E-state index is 0.0182. The van der Waals surface area contributed by atoms with Gasteiger partial charge in [0.05, 0.1) is 44.0 Å². The molecule has 324 valence electrons. The van der Waals surface area contributed by atoms with E-state index in [9.17, 15) is 24.3 Å². The topological polar surface area (TPSA) is 169 Å². The number of carbonyl (C=O) groups is 4. The van der Waals surface area contributed by atoms with Gasteiger partial charge in [-0.15, -0.1) is 0 Å². The van der Waals surface area contributed by atoms with E-state index >= 15 is 0 Å². The molecular weight excluding hydrogens is 793 g/mol. The minimum Gasteiger partial charge on any atom is -0.545 e. The fourth-order valence-electron chi connectivity index (χ4n) is 8.35. The van der Waals surface area contributed by atoms with Crippen molar-refractivity contribution in [2.75, 3.05) is 85.6 Å². The van der Waals surface area contributed by atoms with Crippen molar-refractivity contribution in [1.29, 1.82) is 0 Å². The summed E-state index contributed by atoms with van der Waals surface area (Å²) in [5.74, 6) is -0.444. The predicted octanol–water partition coefficient (Wildman–Crippen LogP) is 3.02. The SMILES string of the molecule is CN(C)c1ccc2c(-c3ccc(C(=O)NCCCOc4ccccc4COCC4CN(C(=O)N5CC[C@@H]6OCC(=O)N[C@@H]6C5)C4)cc3C(=O)[O-])c3ccc(=[N+](C)C)cc-3oc2c1. The number of nitrogens with zero attached hydrogens (tertiary/aromatic N) is 4. The zero-order valence-corrected chi connectivity index (χ0v) is 35.5. The van der Waals surface area contributed by atoms with Crippen molar-refractivity contribution in [2.24, 2.45) is 5.92 Å². The lowest BCUT2D eigenvalue weighted by Crippen LogP contribution is -2.64. The highest BCUT2D eigenvalue weighted by Gasteiger charge is 2.40. The van der Waals surface area contributed by atoms with Crippen LogP contribution in [0.4, 0.5) is 10.5 Å². The Morgan fingerprint density at radius 2 is 1.77 bits per heavy atom. The summed E-state index contributed by atoms with van der Waals surface area (Å²) in [7, 11) is 7.76. The number of hydrogen-bond acceptors (Lipinski definition) is 10. The first-order valence-corrected chi connectivity index (χ1v) is 21.0. The Bertz CT molecular complexity index is 2540. The number of hydrogen-bond donors (Lipinski definition) is 2. The number of fused-ring (bicyclic) bond motifs is 3. The number of rotatable bonds is 13. The van der Waals surface area contributed by atoms with Gasteiger partial charge in [-0.05, 0) is 54.8 Å². The van der Waals surface area contributed by atoms with E-state index in [-0.39, 0.29) is 47.7 Å². The summed E-state index contributed by atoms with van der Waals surface area (Å²) in [6.07, 6.45) is 1.17. The van der Waals surface area contributed by atoms with Crippen molar-refractivity contribution in [3.8, 4) is 28.2 Å². The molecule has 4 aliphatic heterocycles. The molecule has 15 nitrogen and oxygen atoms in total. The second-order valence-corrected chi connectivity index (χ2v) is 16.6. The number of para-hydroxylation sites is 1. The maximum Gasteiger partial charge on any atom is 0.320 e. The average Bonchev–Trinajstić information content (AvgIpc) is 3.25. The van der Waals surface area contributed by atoms with E-state index < -0.39 is 11.9 Å². The molecule has 3 saturated heterocycles. The van der Waals surface area contributed by atoms with E-state index in [2.05, 4.69) is 10.6 Å². The van der Waals surface area contributed by atoms with Crippen LogP contribution in [0.1, 0.15) is 39.1 Å². The third-order valence-corrected chi connectivity index (χ3v) is 11.8. The van der Waals surface area contributed by atoms with Crippen molar-refractivity contribution in [2.45, 2.75) is 31.6 Å². The number of urea groups is 1. The van der Waals surface area contributed by atoms with Crippen molar-refractivity contribution in [3.05, 3.63) is 101 Å². The molecule has 2 atom stereocenters. The van der Waals surface area contributed by atoms with Crippen molar-refractivity contribution < 1.29 is 42.9 Å². The number of piperidine rings is 1. The van der Waals surface area contributed by atoms with Crippen molar-refractivity contribution in [1.82, 2.24) is 25.0 Å². The van der Waals surface area contributed by atoms with E-state index in [1.54, 1.807) is 17.0 Å². The molecule has 3 aromatic carbocycles. The van der Waals surface area contributed by atoms with Crippen molar-refractivity contribution in [3.63, 3.8) is 0 Å². The summed E-state index contributed by atoms with van der Waals surface area (Å²) in [6.45, 7) is 3.85. The van der Waals surface area contributed by atoms with Gasteiger partial charge in [0.25, 0.3) is 5.91 Å². The number of likely N-dealkylation sites (tertiary alicyclic amines) is 2. The fourth-order valence-corrected chi connectivity index (χ4v) is 8.35. The zero-order valence-electron chi connectivity index (χ0n) is 35.5. The highest BCUT2D eigenvalue weighted by molar-refractivity contribution is 6.09. The molecular formula is C47H52N6O9. The molecule has 0 spiro atoms. The molecule has 5 aliphatic rings. The number of aromatic carboxylic acids is 1. The van der Waals surface area contributed by atoms with Gasteiger partial charge >= 0.3 is 6.03 Å². The van der Waals surface area contributed by atoms with E-state index in [1.165, 1.54) is 6.07 Å². The number of carboxylic acids is 1. The highest BCUT2D eigenvalue weighted by atomic mass is 16.5. The lowest BCUT2D eigenvalue weighted by atomic mass is 9.89. The van der Waals surface area contributed by atoms with Crippen LogP contribution in [-0.4, -0.2) is 126 Å². The first-order chi connectivity index (χ1) is 29.9. The smallest absolute Gasteiger partial charge is 0.320 e. The highest BCUT2D eigenvalue weighted by Crippen LogP contribution is 2.42. The third-order valence-electron chi connectivity index (χ3n) is 11.8. The lowest BCUT2D eigenvalue weighted by Gasteiger charge is -2.46. The Morgan fingerprint density at radius 1 is 0.968 bits per heavy atom. The van der Waals surface area contributed by atoms with Gasteiger partial charge in [-0.2, -0.15) is 0 Å². The van der Waals surface area contributed by atoms with Gasteiger partial charge in [0.1, 0.15) is 37.8 Å². The van der Waals surface area contributed by atoms with Crippen LogP contribution in [0.25, 0.3) is 33.4 Å². The molecule has 3 aromatic rings. The van der Waals surface area contributed by atoms with Gasteiger partial charge in [-0.3, -0.25) is 9.59 Å². The zero-order chi connectivity index (χ0) is 43.5. The van der Waals surface area contributed by atoms with Gasteiger partial charge in [0.2, 0.25) is 11.3 Å². The Labute approximate surface area is 359 Å². The molecule has 15 heteroatoms. The number of anilines is 1. The standard InChI is InChI=1S/C47H52N6O9/c1-50(2)32-11-14-35-41(21-32)62-42-22-33(51(3)4)12-15-36(42)44(35)34-13-10-30(20-37(34)46(56)57)45(55)48-17-7-19-60-39-9-6-5-8-31(39)27-59-26-29-23-53(24-29)47(58)52-18-16-40-38(25-52)49-43(54)28-61-40/h5-6,8-15,20-22,29,38,40H,7,16-19,23-28H2,1-4H3,(H2-,48,49,54,55,56,57)/t38-,40+/m1/s1. The predicted molar refractivity (Wildman–Crippen MR) is 231 cm³/mol. The summed E-state index contributed by atoms with van der Waals surface area (Å²) in [6, 6.07) is 23.7. The number of amides is 4. The van der Waals surface area contributed by atoms with Crippen LogP contribution >= 0.6 is 0 Å². The third kappa shape index (κ3) is 9.09. The number of ether oxygens (including phenoxy) is 3. The first-order valence-electron chi connectivity index (χ1n) is 21.0. The first kappa shape index (κ1) is 42.2. The van der Waals surface area contributed by atoms with Gasteiger partial charge in [-0.1, -0.05) is 24.3 Å². The summed E-state index contributed by atoms with van der Waals surface area (Å²) in [5.41, 5.74) is 4.33. The summed E-state index contributed by atoms with van der Waals surface area (Å²) in [4.78, 5) is 56.5. The van der Waals surface area contributed by atoms with Gasteiger partial charge in [-0.25, -0.2) is 9.37 Å². The Kier molecular flexibility index (Phi) is 12.4. The Balaban J connectivity index is 0.839. The number of carboxylic acid groups (broad SMARTS) is 1. The molecule has 4 heterocycles. The summed E-state index contributed by atoms with van der Waals surface area (Å²) < 4.78 is 26.1. The van der Waals surface area contributed by atoms with Crippen LogP contribution < -0.4 is 35.3 Å². The quantitative estimate of drug-likeness (QED) is 0.102. The maximum absolute atomic E-state index is 13.3. The van der Waals surface area contributed by atoms with Crippen LogP contribution in [0.5, 0.6) is 5.75 Å². The monoisotopic (exact) mass is 844 g/mol. The minimum atomic E-state index is -1.40. The number of carbonyl (C=O) groups excluding carboxylic acids is 4. The molecule has 0 saturated carbocycles. The molecule has 8 rings (SSSR count). The van der Waals surface area contributed by atoms with Gasteiger partial charge in [0, 0.05) is 104 Å². The summed E-state index contributed by atoms with van der Waals surface area (Å²) >= 11 is 0. The normalized spacial score (nSPS) is 17.6. The van der Waals surface area contributed by atoms with Gasteiger partial charge in [0.15, 0.2) is 0 Å². The number of nitrogens with one attached hydrogen (secondary N) is 2. The molecule has 0 bridgehead atoms. The molecule has 3 fully saturated rings. The molecule has 62 heavy (non-hydrogen) atoms. The molecule has 0 aromatic heterocycles. The van der Waals surface area contributed by atoms with Crippen LogP contribution in [0.3, 0.4) is 0 Å². The van der Waals surface area contributed by atoms with Crippen molar-refractivity contribution >= 4 is 40.5 Å². The van der Waals surface area contributed by atoms with Crippen LogP contribution in [-0.2, 0) is 20.9 Å². The average molecular weight is 845 g/mol. The fraction of sp³-hybridized carbons (Fsp3) is 0.383. The van der Waals surface area contributed by atoms with E-state index in [0.717, 1.165) is 27.6 Å². The Morgan fingerprint density at radius 3 is 2.56 bits per heavy atom. The maximum atomic E-state index is 13.3. The largest absolute Gasteiger partial charge is 0.545 e. The van der Waals surface area contributed by atoms with Crippen LogP contribution in [0.15, 0.2) is 83.3 Å². The van der Waals surface area contributed by atoms with Crippen LogP contribution in [0, 0.1) is 5.92 Å². The Hall–Kier alpha value is -6.45. The number of morpholine rings is 1. The molecule has 4 amide bonds. The second kappa shape index (κ2) is 18.3. The van der Waals surface area contributed by atoms with E-state index in [4.69, 9.17) is 18.6 Å². The molecule has 0 radical (unpaired) electrons. The summed E-state index contributed by atoms with van der Waals surface area (Å²) in [5, 5.41) is 20.2. The van der Waals surface area contributed by atoms with Gasteiger partial charge < -0.3 is 53.9 Å². The molecule has 2 N–H and O–H groups in total. The molecule has 0 unspecified atom stereocenters. The molecule has 1 aliphatic carbocycles. The lowest BCUT2D eigenvalue weighted by molar-refractivity contribution is -0.254. The van der Waals surface area contributed by atoms with E-state index in [0.29, 0.717) is 93.6 Å². The van der Waals surface area contributed by atoms with Crippen LogP contribution in [0.2, 0.25) is 0 Å². The second-order valence-electron chi connectivity index (χ2n) is 16.6.